The van der Waals surface area contributed by atoms with E-state index in [1.807, 2.05) is 11.3 Å². The molecule has 0 aliphatic heterocycles. The Labute approximate surface area is 117 Å². The molecule has 18 heavy (non-hydrogen) atoms. The van der Waals surface area contributed by atoms with Gasteiger partial charge in [0.25, 0.3) is 0 Å². The average molecular weight is 284 g/mol. The predicted octanol–water partition coefficient (Wildman–Crippen LogP) is 4.06. The number of halogens is 1. The van der Waals surface area contributed by atoms with Gasteiger partial charge in [0.1, 0.15) is 5.82 Å². The number of rotatable bonds is 5. The van der Waals surface area contributed by atoms with Crippen molar-refractivity contribution < 1.29 is 0 Å². The second-order valence-corrected chi connectivity index (χ2v) is 6.28. The molecular weight excluding hydrogens is 266 g/mol. The van der Waals surface area contributed by atoms with Crippen LogP contribution in [0, 0.1) is 6.92 Å². The van der Waals surface area contributed by atoms with Crippen LogP contribution in [0.2, 0.25) is 5.28 Å². The van der Waals surface area contributed by atoms with E-state index in [1.54, 1.807) is 0 Å². The second-order valence-electron chi connectivity index (χ2n) is 4.57. The van der Waals surface area contributed by atoms with Crippen LogP contribution >= 0.6 is 22.9 Å². The molecule has 0 aromatic carbocycles. The van der Waals surface area contributed by atoms with Gasteiger partial charge in [-0.1, -0.05) is 6.92 Å². The lowest BCUT2D eigenvalue weighted by atomic mass is 10.2. The van der Waals surface area contributed by atoms with E-state index in [4.69, 9.17) is 11.6 Å². The van der Waals surface area contributed by atoms with Crippen molar-refractivity contribution in [3.05, 3.63) is 33.0 Å². The molecule has 0 amide bonds. The molecule has 1 unspecified atom stereocenters. The molecule has 2 rings (SSSR count). The maximum Gasteiger partial charge on any atom is 0.225 e. The first-order valence-corrected chi connectivity index (χ1v) is 7.45. The maximum atomic E-state index is 6.14. The van der Waals surface area contributed by atoms with Crippen LogP contribution in [-0.4, -0.2) is 14.8 Å². The monoisotopic (exact) mass is 283 g/mol. The highest BCUT2D eigenvalue weighted by atomic mass is 35.5. The Kier molecular flexibility index (Phi) is 4.40. The van der Waals surface area contributed by atoms with Crippen LogP contribution in [0.1, 0.15) is 41.9 Å². The van der Waals surface area contributed by atoms with Crippen molar-refractivity contribution in [3.63, 3.8) is 0 Å². The summed E-state index contributed by atoms with van der Waals surface area (Å²) >= 11 is 7.98. The topological polar surface area (TPSA) is 30.7 Å². The van der Waals surface area contributed by atoms with E-state index in [1.165, 1.54) is 9.75 Å². The minimum Gasteiger partial charge on any atom is -0.299 e. The van der Waals surface area contributed by atoms with E-state index in [-0.39, 0.29) is 0 Å². The van der Waals surface area contributed by atoms with Crippen LogP contribution in [0.15, 0.2) is 12.1 Å². The molecular formula is C13H18ClN3S. The lowest BCUT2D eigenvalue weighted by Crippen LogP contribution is -2.11. The van der Waals surface area contributed by atoms with Crippen LogP contribution in [0.3, 0.4) is 0 Å². The third-order valence-electron chi connectivity index (χ3n) is 2.93. The fraction of sp³-hybridized carbons (Fsp3) is 0.538. The van der Waals surface area contributed by atoms with Gasteiger partial charge >= 0.3 is 0 Å². The van der Waals surface area contributed by atoms with Gasteiger partial charge in [-0.2, -0.15) is 0 Å². The highest BCUT2D eigenvalue weighted by Crippen LogP contribution is 2.24. The van der Waals surface area contributed by atoms with Crippen LogP contribution < -0.4 is 0 Å². The summed E-state index contributed by atoms with van der Waals surface area (Å²) in [5, 5.41) is 8.64. The van der Waals surface area contributed by atoms with Crippen LogP contribution in [0.25, 0.3) is 0 Å². The number of thiophene rings is 1. The molecule has 2 heterocycles. The van der Waals surface area contributed by atoms with Gasteiger partial charge in [0.05, 0.1) is 0 Å². The summed E-state index contributed by atoms with van der Waals surface area (Å²) in [5.74, 6) is 0.989. The van der Waals surface area contributed by atoms with E-state index in [0.29, 0.717) is 11.3 Å². The van der Waals surface area contributed by atoms with Crippen molar-refractivity contribution in [1.82, 2.24) is 14.8 Å². The Balaban J connectivity index is 2.17. The van der Waals surface area contributed by atoms with E-state index in [0.717, 1.165) is 25.1 Å². The van der Waals surface area contributed by atoms with Crippen LogP contribution in [0.4, 0.5) is 0 Å². The van der Waals surface area contributed by atoms with Crippen molar-refractivity contribution in [3.8, 4) is 0 Å². The van der Waals surface area contributed by atoms with Gasteiger partial charge in [-0.3, -0.25) is 4.57 Å². The maximum absolute atomic E-state index is 6.14. The number of aromatic nitrogens is 3. The fourth-order valence-electron chi connectivity index (χ4n) is 2.11. The van der Waals surface area contributed by atoms with Gasteiger partial charge in [0.2, 0.25) is 5.28 Å². The highest BCUT2D eigenvalue weighted by Gasteiger charge is 2.16. The summed E-state index contributed by atoms with van der Waals surface area (Å²) in [7, 11) is 0. The third-order valence-corrected chi connectivity index (χ3v) is 4.21. The van der Waals surface area contributed by atoms with Crippen molar-refractivity contribution in [2.24, 2.45) is 0 Å². The van der Waals surface area contributed by atoms with Crippen molar-refractivity contribution >= 4 is 22.9 Å². The first-order valence-electron chi connectivity index (χ1n) is 6.26. The Hall–Kier alpha value is -0.870. The van der Waals surface area contributed by atoms with E-state index < -0.39 is 0 Å². The standard InChI is InChI=1S/C13H18ClN3S/c1-4-5-12-15-16-13(14)17(12)9(2)8-11-7-6-10(3)18-11/h6-7,9H,4-5,8H2,1-3H3. The molecule has 0 saturated heterocycles. The second kappa shape index (κ2) is 5.85. The molecule has 3 nitrogen and oxygen atoms in total. The molecule has 1 atom stereocenters. The summed E-state index contributed by atoms with van der Waals surface area (Å²) in [6, 6.07) is 4.65. The number of aryl methyl sites for hydroxylation is 2. The molecule has 0 fully saturated rings. The zero-order chi connectivity index (χ0) is 13.1. The molecule has 0 radical (unpaired) electrons. The highest BCUT2D eigenvalue weighted by molar-refractivity contribution is 7.11. The van der Waals surface area contributed by atoms with E-state index >= 15 is 0 Å². The normalized spacial score (nSPS) is 12.9. The number of nitrogens with zero attached hydrogens (tertiary/aromatic N) is 3. The zero-order valence-corrected chi connectivity index (χ0v) is 12.6. The minimum absolute atomic E-state index is 0.298. The lowest BCUT2D eigenvalue weighted by Gasteiger charge is -2.15. The molecule has 0 aliphatic rings. The van der Waals surface area contributed by atoms with Crippen molar-refractivity contribution in [2.45, 2.75) is 46.1 Å². The van der Waals surface area contributed by atoms with Gasteiger partial charge in [0, 0.05) is 28.6 Å². The Bertz CT molecular complexity index is 518. The van der Waals surface area contributed by atoms with Crippen molar-refractivity contribution in [1.29, 1.82) is 0 Å². The number of hydrogen-bond donors (Lipinski definition) is 0. The van der Waals surface area contributed by atoms with Gasteiger partial charge in [0.15, 0.2) is 0 Å². The molecule has 2 aromatic rings. The number of hydrogen-bond acceptors (Lipinski definition) is 3. The van der Waals surface area contributed by atoms with Crippen molar-refractivity contribution in [2.75, 3.05) is 0 Å². The van der Waals surface area contributed by atoms with E-state index in [9.17, 15) is 0 Å². The van der Waals surface area contributed by atoms with Gasteiger partial charge in [-0.25, -0.2) is 0 Å². The molecule has 0 saturated carbocycles. The zero-order valence-electron chi connectivity index (χ0n) is 11.0. The van der Waals surface area contributed by atoms with E-state index in [2.05, 4.69) is 47.7 Å². The molecule has 0 N–H and O–H groups in total. The first kappa shape index (κ1) is 13.6. The summed E-state index contributed by atoms with van der Waals surface area (Å²) in [5.41, 5.74) is 0. The molecule has 5 heteroatoms. The third kappa shape index (κ3) is 2.93. The molecule has 0 aliphatic carbocycles. The van der Waals surface area contributed by atoms with Gasteiger partial charge in [-0.15, -0.1) is 21.5 Å². The molecule has 0 spiro atoms. The molecule has 0 bridgehead atoms. The molecule has 98 valence electrons. The fourth-order valence-corrected chi connectivity index (χ4v) is 3.42. The quantitative estimate of drug-likeness (QED) is 0.828. The molecule has 2 aromatic heterocycles. The van der Waals surface area contributed by atoms with Gasteiger partial charge < -0.3 is 0 Å². The lowest BCUT2D eigenvalue weighted by molar-refractivity contribution is 0.521. The Morgan fingerprint density at radius 3 is 2.78 bits per heavy atom. The Morgan fingerprint density at radius 2 is 2.17 bits per heavy atom. The summed E-state index contributed by atoms with van der Waals surface area (Å²) < 4.78 is 2.06. The minimum atomic E-state index is 0.298. The van der Waals surface area contributed by atoms with Crippen LogP contribution in [0.5, 0.6) is 0 Å². The smallest absolute Gasteiger partial charge is 0.225 e. The SMILES string of the molecule is CCCc1nnc(Cl)n1C(C)Cc1ccc(C)s1. The summed E-state index contributed by atoms with van der Waals surface area (Å²) in [4.78, 5) is 2.73. The average Bonchev–Trinajstić information content (AvgIpc) is 2.86. The van der Waals surface area contributed by atoms with Crippen LogP contribution in [-0.2, 0) is 12.8 Å². The largest absolute Gasteiger partial charge is 0.299 e. The summed E-state index contributed by atoms with van der Waals surface area (Å²) in [6.45, 7) is 6.44. The Morgan fingerprint density at radius 1 is 1.39 bits per heavy atom. The first-order chi connectivity index (χ1) is 8.61. The summed E-state index contributed by atoms with van der Waals surface area (Å²) in [6.07, 6.45) is 2.96. The van der Waals surface area contributed by atoms with Gasteiger partial charge in [-0.05, 0) is 44.0 Å². The predicted molar refractivity (Wildman–Crippen MR) is 76.5 cm³/mol.